The SMILES string of the molecule is Cc1ccc(C(C)N(C)C(=O)c2ccc(Br)c(F)c2)s1. The van der Waals surface area contributed by atoms with Crippen molar-refractivity contribution in [2.75, 3.05) is 7.05 Å². The van der Waals surface area contributed by atoms with Crippen LogP contribution >= 0.6 is 27.3 Å². The number of carbonyl (C=O) groups is 1. The molecule has 0 saturated carbocycles. The smallest absolute Gasteiger partial charge is 0.254 e. The Balaban J connectivity index is 2.21. The number of carbonyl (C=O) groups excluding carboxylic acids is 1. The molecule has 1 aromatic heterocycles. The number of halogens is 2. The van der Waals surface area contributed by atoms with Gasteiger partial charge >= 0.3 is 0 Å². The zero-order valence-electron chi connectivity index (χ0n) is 11.5. The lowest BCUT2D eigenvalue weighted by Crippen LogP contribution is -2.29. The van der Waals surface area contributed by atoms with Crippen LogP contribution < -0.4 is 0 Å². The number of amides is 1. The van der Waals surface area contributed by atoms with Gasteiger partial charge in [0, 0.05) is 22.4 Å². The number of benzene rings is 1. The molecule has 1 amide bonds. The first-order valence-electron chi connectivity index (χ1n) is 6.18. The second kappa shape index (κ2) is 6.06. The van der Waals surface area contributed by atoms with Crippen molar-refractivity contribution in [1.82, 2.24) is 4.90 Å². The monoisotopic (exact) mass is 355 g/mol. The van der Waals surface area contributed by atoms with Crippen LogP contribution in [-0.2, 0) is 0 Å². The molecule has 2 rings (SSSR count). The van der Waals surface area contributed by atoms with Gasteiger partial charge < -0.3 is 4.90 Å². The molecule has 106 valence electrons. The van der Waals surface area contributed by atoms with Crippen molar-refractivity contribution >= 4 is 33.2 Å². The van der Waals surface area contributed by atoms with Crippen LogP contribution in [0.5, 0.6) is 0 Å². The maximum Gasteiger partial charge on any atom is 0.254 e. The van der Waals surface area contributed by atoms with E-state index in [1.807, 2.05) is 26.0 Å². The van der Waals surface area contributed by atoms with Crippen molar-refractivity contribution in [3.63, 3.8) is 0 Å². The fraction of sp³-hybridized carbons (Fsp3) is 0.267. The third-order valence-corrected chi connectivity index (χ3v) is 5.05. The van der Waals surface area contributed by atoms with E-state index in [-0.39, 0.29) is 11.9 Å². The summed E-state index contributed by atoms with van der Waals surface area (Å²) in [4.78, 5) is 16.3. The minimum atomic E-state index is -0.427. The first kappa shape index (κ1) is 15.2. The minimum absolute atomic E-state index is 0.0343. The van der Waals surface area contributed by atoms with Gasteiger partial charge in [-0.05, 0) is 60.1 Å². The van der Waals surface area contributed by atoms with Crippen LogP contribution in [0, 0.1) is 12.7 Å². The van der Waals surface area contributed by atoms with Gasteiger partial charge in [0.25, 0.3) is 5.91 Å². The molecule has 0 N–H and O–H groups in total. The third kappa shape index (κ3) is 3.10. The summed E-state index contributed by atoms with van der Waals surface area (Å²) < 4.78 is 13.9. The Kier molecular flexibility index (Phi) is 4.60. The van der Waals surface area contributed by atoms with Gasteiger partial charge in [-0.15, -0.1) is 11.3 Å². The Labute approximate surface area is 130 Å². The standard InChI is InChI=1S/C15H15BrFNOS/c1-9-4-7-14(20-9)10(2)18(3)15(19)11-5-6-12(16)13(17)8-11/h4-8,10H,1-3H3. The highest BCUT2D eigenvalue weighted by Gasteiger charge is 2.20. The second-order valence-electron chi connectivity index (χ2n) is 4.67. The third-order valence-electron chi connectivity index (χ3n) is 3.24. The first-order valence-corrected chi connectivity index (χ1v) is 7.79. The Morgan fingerprint density at radius 1 is 1.35 bits per heavy atom. The maximum atomic E-state index is 13.5. The zero-order chi connectivity index (χ0) is 14.9. The normalized spacial score (nSPS) is 12.2. The number of hydrogen-bond donors (Lipinski definition) is 0. The lowest BCUT2D eigenvalue weighted by atomic mass is 10.1. The molecule has 20 heavy (non-hydrogen) atoms. The predicted molar refractivity (Wildman–Crippen MR) is 83.7 cm³/mol. The van der Waals surface area contributed by atoms with Gasteiger partial charge in [-0.2, -0.15) is 0 Å². The molecule has 2 nitrogen and oxygen atoms in total. The Hall–Kier alpha value is -1.20. The predicted octanol–water partition coefficient (Wildman–Crippen LogP) is 4.79. The van der Waals surface area contributed by atoms with Crippen molar-refractivity contribution in [3.8, 4) is 0 Å². The summed E-state index contributed by atoms with van der Waals surface area (Å²) >= 11 is 4.75. The van der Waals surface area contributed by atoms with Gasteiger partial charge in [-0.3, -0.25) is 4.79 Å². The summed E-state index contributed by atoms with van der Waals surface area (Å²) in [5.41, 5.74) is 0.355. The van der Waals surface area contributed by atoms with Gasteiger partial charge in [0.2, 0.25) is 0 Å². The van der Waals surface area contributed by atoms with E-state index in [0.717, 1.165) is 4.88 Å². The van der Waals surface area contributed by atoms with Crippen molar-refractivity contribution in [2.24, 2.45) is 0 Å². The van der Waals surface area contributed by atoms with Crippen LogP contribution in [0.4, 0.5) is 4.39 Å². The topological polar surface area (TPSA) is 20.3 Å². The van der Waals surface area contributed by atoms with E-state index in [1.54, 1.807) is 35.4 Å². The minimum Gasteiger partial charge on any atom is -0.334 e. The number of nitrogens with zero attached hydrogens (tertiary/aromatic N) is 1. The lowest BCUT2D eigenvalue weighted by molar-refractivity contribution is 0.0744. The van der Waals surface area contributed by atoms with E-state index in [4.69, 9.17) is 0 Å². The molecule has 5 heteroatoms. The summed E-state index contributed by atoms with van der Waals surface area (Å²) in [7, 11) is 1.74. The molecule has 0 aliphatic heterocycles. The molecule has 0 bridgehead atoms. The van der Waals surface area contributed by atoms with Crippen molar-refractivity contribution in [3.05, 3.63) is 55.9 Å². The van der Waals surface area contributed by atoms with Crippen LogP contribution in [0.25, 0.3) is 0 Å². The van der Waals surface area contributed by atoms with E-state index in [1.165, 1.54) is 10.9 Å². The molecule has 0 fully saturated rings. The molecule has 0 spiro atoms. The van der Waals surface area contributed by atoms with E-state index >= 15 is 0 Å². The Morgan fingerprint density at radius 3 is 2.60 bits per heavy atom. The summed E-state index contributed by atoms with van der Waals surface area (Å²) in [6, 6.07) is 8.46. The molecule has 1 heterocycles. The summed E-state index contributed by atoms with van der Waals surface area (Å²) in [6.45, 7) is 4.01. The summed E-state index contributed by atoms with van der Waals surface area (Å²) in [5.74, 6) is -0.612. The molecule has 1 aromatic carbocycles. The second-order valence-corrected chi connectivity index (χ2v) is 6.84. The average Bonchev–Trinajstić information content (AvgIpc) is 2.86. The molecule has 0 aliphatic carbocycles. The fourth-order valence-corrected chi connectivity index (χ4v) is 3.10. The lowest BCUT2D eigenvalue weighted by Gasteiger charge is -2.24. The quantitative estimate of drug-likeness (QED) is 0.774. The van der Waals surface area contributed by atoms with Gasteiger partial charge in [-0.1, -0.05) is 0 Å². The van der Waals surface area contributed by atoms with Crippen LogP contribution in [0.1, 0.15) is 33.1 Å². The highest BCUT2D eigenvalue weighted by Crippen LogP contribution is 2.27. The highest BCUT2D eigenvalue weighted by atomic mass is 79.9. The molecular weight excluding hydrogens is 341 g/mol. The van der Waals surface area contributed by atoms with Gasteiger partial charge in [0.15, 0.2) is 0 Å². The average molecular weight is 356 g/mol. The molecule has 1 unspecified atom stereocenters. The molecule has 0 aliphatic rings. The van der Waals surface area contributed by atoms with E-state index in [2.05, 4.69) is 15.9 Å². The fourth-order valence-electron chi connectivity index (χ4n) is 1.88. The maximum absolute atomic E-state index is 13.5. The van der Waals surface area contributed by atoms with E-state index < -0.39 is 5.82 Å². The van der Waals surface area contributed by atoms with E-state index in [9.17, 15) is 9.18 Å². The van der Waals surface area contributed by atoms with Gasteiger partial charge in [0.05, 0.1) is 10.5 Å². The summed E-state index contributed by atoms with van der Waals surface area (Å²) in [5, 5.41) is 0. The van der Waals surface area contributed by atoms with E-state index in [0.29, 0.717) is 10.0 Å². The highest BCUT2D eigenvalue weighted by molar-refractivity contribution is 9.10. The Bertz CT molecular complexity index is 641. The van der Waals surface area contributed by atoms with Crippen LogP contribution in [0.3, 0.4) is 0 Å². The van der Waals surface area contributed by atoms with Crippen LogP contribution in [-0.4, -0.2) is 17.9 Å². The van der Waals surface area contributed by atoms with Crippen LogP contribution in [0.2, 0.25) is 0 Å². The van der Waals surface area contributed by atoms with Gasteiger partial charge in [-0.25, -0.2) is 4.39 Å². The van der Waals surface area contributed by atoms with Crippen molar-refractivity contribution in [1.29, 1.82) is 0 Å². The number of aryl methyl sites for hydroxylation is 1. The van der Waals surface area contributed by atoms with Crippen molar-refractivity contribution in [2.45, 2.75) is 19.9 Å². The number of rotatable bonds is 3. The Morgan fingerprint density at radius 2 is 2.05 bits per heavy atom. The summed E-state index contributed by atoms with van der Waals surface area (Å²) in [6.07, 6.45) is 0. The molecule has 0 saturated heterocycles. The molecule has 0 radical (unpaired) electrons. The number of thiophene rings is 1. The van der Waals surface area contributed by atoms with Crippen molar-refractivity contribution < 1.29 is 9.18 Å². The van der Waals surface area contributed by atoms with Crippen LogP contribution in [0.15, 0.2) is 34.8 Å². The first-order chi connectivity index (χ1) is 9.40. The molecule has 1 atom stereocenters. The largest absolute Gasteiger partial charge is 0.334 e. The zero-order valence-corrected chi connectivity index (χ0v) is 13.9. The molecule has 2 aromatic rings. The molecular formula is C15H15BrFNOS. The van der Waals surface area contributed by atoms with Gasteiger partial charge in [0.1, 0.15) is 5.82 Å². The number of hydrogen-bond acceptors (Lipinski definition) is 2.